The Hall–Kier alpha value is -2.02. The van der Waals surface area contributed by atoms with Crippen LogP contribution >= 0.6 is 0 Å². The number of aryl methyl sites for hydroxylation is 1. The smallest absolute Gasteiger partial charge is 0.274 e. The second kappa shape index (κ2) is 4.82. The van der Waals surface area contributed by atoms with E-state index in [9.17, 15) is 14.0 Å². The van der Waals surface area contributed by atoms with Crippen molar-refractivity contribution in [3.8, 4) is 0 Å². The van der Waals surface area contributed by atoms with Crippen LogP contribution < -0.4 is 11.1 Å². The van der Waals surface area contributed by atoms with Crippen LogP contribution in [0.3, 0.4) is 0 Å². The van der Waals surface area contributed by atoms with Gasteiger partial charge in [0.05, 0.1) is 17.7 Å². The molecule has 106 valence electrons. The zero-order valence-electron chi connectivity index (χ0n) is 10.9. The highest BCUT2D eigenvalue weighted by Gasteiger charge is 2.30. The number of rotatable bonds is 1. The van der Waals surface area contributed by atoms with Crippen molar-refractivity contribution in [1.29, 1.82) is 0 Å². The molecule has 1 N–H and O–H groups in total. The molecule has 1 fully saturated rings. The van der Waals surface area contributed by atoms with Crippen molar-refractivity contribution in [1.82, 2.24) is 14.8 Å². The van der Waals surface area contributed by atoms with Crippen LogP contribution in [0.1, 0.15) is 18.0 Å². The number of hydrogen-bond donors (Lipinski definition) is 1. The quantitative estimate of drug-likeness (QED) is 0.823. The Bertz CT molecular complexity index is 768. The van der Waals surface area contributed by atoms with Crippen molar-refractivity contribution in [2.24, 2.45) is 7.05 Å². The van der Waals surface area contributed by atoms with Crippen molar-refractivity contribution >= 4 is 10.8 Å². The molecule has 0 radical (unpaired) electrons. The summed E-state index contributed by atoms with van der Waals surface area (Å²) in [5.74, 6) is -0.427. The molecule has 7 heteroatoms. The van der Waals surface area contributed by atoms with Crippen molar-refractivity contribution in [3.63, 3.8) is 0 Å². The summed E-state index contributed by atoms with van der Waals surface area (Å²) in [6, 6.07) is 1.23. The van der Waals surface area contributed by atoms with Gasteiger partial charge in [-0.25, -0.2) is 9.07 Å². The van der Waals surface area contributed by atoms with Gasteiger partial charge in [0.2, 0.25) is 5.56 Å². The summed E-state index contributed by atoms with van der Waals surface area (Å²) in [6.07, 6.45) is 0.772. The lowest BCUT2D eigenvalue weighted by Crippen LogP contribution is -2.31. The fourth-order valence-electron chi connectivity index (χ4n) is 2.58. The Morgan fingerprint density at radius 3 is 3.00 bits per heavy atom. The summed E-state index contributed by atoms with van der Waals surface area (Å²) in [7, 11) is 1.50. The Kier molecular flexibility index (Phi) is 3.13. The summed E-state index contributed by atoms with van der Waals surface area (Å²) in [6.45, 7) is 0.487. The Morgan fingerprint density at radius 1 is 1.45 bits per heavy atom. The van der Waals surface area contributed by atoms with Crippen LogP contribution in [-0.4, -0.2) is 34.1 Å². The molecule has 3 heterocycles. The minimum Gasteiger partial charge on any atom is -0.378 e. The molecule has 0 bridgehead atoms. The summed E-state index contributed by atoms with van der Waals surface area (Å²) in [5.41, 5.74) is -0.234. The van der Waals surface area contributed by atoms with Crippen molar-refractivity contribution in [3.05, 3.63) is 38.7 Å². The monoisotopic (exact) mass is 279 g/mol. The third-order valence-electron chi connectivity index (χ3n) is 3.62. The molecule has 2 aromatic rings. The standard InChI is InChI=1S/C13H14FN3O3/c1-17-13(19)8-4-11(18)15-5-9(8)12(16-17)7-2-3-20-6-10(7)14/h4-5,7,10H,2-3,6H2,1H3,(H,15,18)/t7-,10+/m0/s1. The molecule has 6 nitrogen and oxygen atoms in total. The summed E-state index contributed by atoms with van der Waals surface area (Å²) < 4.78 is 20.3. The first-order valence-corrected chi connectivity index (χ1v) is 6.39. The molecule has 0 spiro atoms. The molecule has 0 aliphatic carbocycles. The second-order valence-electron chi connectivity index (χ2n) is 4.92. The topological polar surface area (TPSA) is 77.0 Å². The number of hydrogen-bond acceptors (Lipinski definition) is 4. The predicted octanol–water partition coefficient (Wildman–Crippen LogP) is 0.464. The number of H-pyrrole nitrogens is 1. The maximum atomic E-state index is 14.0. The minimum absolute atomic E-state index is 0.0278. The highest BCUT2D eigenvalue weighted by molar-refractivity contribution is 5.83. The van der Waals surface area contributed by atoms with Crippen LogP contribution in [0, 0.1) is 0 Å². The zero-order chi connectivity index (χ0) is 14.3. The lowest BCUT2D eigenvalue weighted by molar-refractivity contribution is 0.0209. The molecule has 1 aliphatic rings. The van der Waals surface area contributed by atoms with Crippen molar-refractivity contribution < 1.29 is 9.13 Å². The largest absolute Gasteiger partial charge is 0.378 e. The third-order valence-corrected chi connectivity index (χ3v) is 3.62. The first-order chi connectivity index (χ1) is 9.58. The third kappa shape index (κ3) is 2.03. The molecule has 0 aromatic carbocycles. The maximum Gasteiger partial charge on any atom is 0.274 e. The van der Waals surface area contributed by atoms with E-state index < -0.39 is 12.1 Å². The van der Waals surface area contributed by atoms with Gasteiger partial charge in [-0.1, -0.05) is 0 Å². The van der Waals surface area contributed by atoms with Crippen LogP contribution in [-0.2, 0) is 11.8 Å². The van der Waals surface area contributed by atoms with Crippen LogP contribution in [0.2, 0.25) is 0 Å². The highest BCUT2D eigenvalue weighted by atomic mass is 19.1. The van der Waals surface area contributed by atoms with E-state index in [1.165, 1.54) is 19.3 Å². The molecule has 0 amide bonds. The van der Waals surface area contributed by atoms with Gasteiger partial charge in [0.1, 0.15) is 6.17 Å². The lowest BCUT2D eigenvalue weighted by atomic mass is 9.92. The Balaban J connectivity index is 2.27. The maximum absolute atomic E-state index is 14.0. The van der Waals surface area contributed by atoms with Gasteiger partial charge in [-0.05, 0) is 6.42 Å². The predicted molar refractivity (Wildman–Crippen MR) is 70.7 cm³/mol. The van der Waals surface area contributed by atoms with Gasteiger partial charge in [-0.15, -0.1) is 0 Å². The number of pyridine rings is 1. The average Bonchev–Trinajstić information content (AvgIpc) is 2.44. The number of nitrogens with one attached hydrogen (secondary N) is 1. The molecular weight excluding hydrogens is 265 g/mol. The van der Waals surface area contributed by atoms with Gasteiger partial charge in [-0.3, -0.25) is 9.59 Å². The number of aromatic nitrogens is 3. The molecule has 20 heavy (non-hydrogen) atoms. The van der Waals surface area contributed by atoms with E-state index in [1.807, 2.05) is 0 Å². The molecule has 0 unspecified atom stereocenters. The highest BCUT2D eigenvalue weighted by Crippen LogP contribution is 2.31. The van der Waals surface area contributed by atoms with Crippen molar-refractivity contribution in [2.45, 2.75) is 18.5 Å². The van der Waals surface area contributed by atoms with Crippen molar-refractivity contribution in [2.75, 3.05) is 13.2 Å². The number of halogens is 1. The molecular formula is C13H14FN3O3. The van der Waals surface area contributed by atoms with Crippen LogP contribution in [0.4, 0.5) is 4.39 Å². The van der Waals surface area contributed by atoms with E-state index in [4.69, 9.17) is 4.74 Å². The molecule has 2 atom stereocenters. The molecule has 1 saturated heterocycles. The average molecular weight is 279 g/mol. The molecule has 3 rings (SSSR count). The first kappa shape index (κ1) is 13.0. The molecule has 2 aromatic heterocycles. The summed E-state index contributed by atoms with van der Waals surface area (Å²) in [5, 5.41) is 4.96. The van der Waals surface area contributed by atoms with Gasteiger partial charge in [0.15, 0.2) is 0 Å². The summed E-state index contributed by atoms with van der Waals surface area (Å²) >= 11 is 0. The van der Waals surface area contributed by atoms with E-state index in [0.29, 0.717) is 24.1 Å². The van der Waals surface area contributed by atoms with Gasteiger partial charge < -0.3 is 9.72 Å². The molecule has 1 aliphatic heterocycles. The fraction of sp³-hybridized carbons (Fsp3) is 0.462. The zero-order valence-corrected chi connectivity index (χ0v) is 10.9. The van der Waals surface area contributed by atoms with Gasteiger partial charge in [-0.2, -0.15) is 5.10 Å². The Labute approximate surface area is 113 Å². The number of nitrogens with zero attached hydrogens (tertiary/aromatic N) is 2. The van der Waals surface area contributed by atoms with Crippen LogP contribution in [0.15, 0.2) is 21.9 Å². The van der Waals surface area contributed by atoms with Gasteiger partial charge >= 0.3 is 0 Å². The van der Waals surface area contributed by atoms with Gasteiger partial charge in [0.25, 0.3) is 5.56 Å². The minimum atomic E-state index is -1.16. The number of alkyl halides is 1. The first-order valence-electron chi connectivity index (χ1n) is 6.39. The number of aromatic amines is 1. The van der Waals surface area contributed by atoms with E-state index in [1.54, 1.807) is 0 Å². The van der Waals surface area contributed by atoms with E-state index >= 15 is 0 Å². The number of fused-ring (bicyclic) bond motifs is 1. The number of ether oxygens (including phenoxy) is 1. The van der Waals surface area contributed by atoms with Gasteiger partial charge in [0, 0.05) is 37.2 Å². The molecule has 0 saturated carbocycles. The van der Waals surface area contributed by atoms with E-state index in [-0.39, 0.29) is 23.1 Å². The van der Waals surface area contributed by atoms with Crippen LogP contribution in [0.25, 0.3) is 10.8 Å². The fourth-order valence-corrected chi connectivity index (χ4v) is 2.58. The van der Waals surface area contributed by atoms with E-state index in [0.717, 1.165) is 4.68 Å². The van der Waals surface area contributed by atoms with Crippen LogP contribution in [0.5, 0.6) is 0 Å². The second-order valence-corrected chi connectivity index (χ2v) is 4.92. The SMILES string of the molecule is Cn1nc([C@H]2CCOC[C@H]2F)c2c[nH]c(=O)cc2c1=O. The summed E-state index contributed by atoms with van der Waals surface area (Å²) in [4.78, 5) is 25.9. The Morgan fingerprint density at radius 2 is 2.25 bits per heavy atom. The normalized spacial score (nSPS) is 23.1. The van der Waals surface area contributed by atoms with E-state index in [2.05, 4.69) is 10.1 Å². The lowest BCUT2D eigenvalue weighted by Gasteiger charge is -2.26.